The van der Waals surface area contributed by atoms with Crippen LogP contribution in [0.4, 0.5) is 0 Å². The summed E-state index contributed by atoms with van der Waals surface area (Å²) in [6.45, 7) is 3.65. The third-order valence-corrected chi connectivity index (χ3v) is 10.4. The van der Waals surface area contributed by atoms with E-state index in [4.69, 9.17) is 55.9 Å². The molecule has 0 unspecified atom stereocenters. The summed E-state index contributed by atoms with van der Waals surface area (Å²) in [5.74, 6) is -0.270. The van der Waals surface area contributed by atoms with Crippen LogP contribution < -0.4 is 0 Å². The molecule has 2 saturated heterocycles. The van der Waals surface area contributed by atoms with Gasteiger partial charge in [0.1, 0.15) is 25.4 Å². The Hall–Kier alpha value is -3.18. The molecular formula is C40H42Cl4N2O6. The molecule has 6 rings (SSSR count). The minimum absolute atomic E-state index is 0.0300. The molecule has 0 aliphatic carbocycles. The van der Waals surface area contributed by atoms with Gasteiger partial charge in [-0.15, -0.1) is 0 Å². The van der Waals surface area contributed by atoms with Gasteiger partial charge in [-0.1, -0.05) is 109 Å². The maximum atomic E-state index is 12.7. The Morgan fingerprint density at radius 1 is 0.577 bits per heavy atom. The number of carbonyl (C=O) groups is 2. The van der Waals surface area contributed by atoms with Gasteiger partial charge in [0.25, 0.3) is 0 Å². The Bertz CT molecular complexity index is 1650. The topological polar surface area (TPSA) is 99.5 Å². The second-order valence-corrected chi connectivity index (χ2v) is 14.4. The average molecular weight is 789 g/mol. The molecule has 0 bridgehead atoms. The molecule has 276 valence electrons. The first kappa shape index (κ1) is 40.0. The smallest absolute Gasteiger partial charge is 0.249 e. The molecule has 8 nitrogen and oxygen atoms in total. The van der Waals surface area contributed by atoms with Crippen molar-refractivity contribution in [3.05, 3.63) is 139 Å². The van der Waals surface area contributed by atoms with E-state index in [1.807, 2.05) is 74.5 Å². The van der Waals surface area contributed by atoms with Gasteiger partial charge in [0.15, 0.2) is 0 Å². The van der Waals surface area contributed by atoms with Crippen LogP contribution in [0.5, 0.6) is 0 Å². The summed E-state index contributed by atoms with van der Waals surface area (Å²) in [6, 6.07) is 28.4. The van der Waals surface area contributed by atoms with Crippen LogP contribution in [0.2, 0.25) is 20.1 Å². The van der Waals surface area contributed by atoms with Gasteiger partial charge in [-0.05, 0) is 83.6 Å². The highest BCUT2D eigenvalue weighted by molar-refractivity contribution is 6.31. The number of rotatable bonds is 10. The quantitative estimate of drug-likeness (QED) is 0.167. The number of nitrogens with zero attached hydrogens (tertiary/aromatic N) is 2. The van der Waals surface area contributed by atoms with Gasteiger partial charge in [0.2, 0.25) is 11.8 Å². The standard InChI is InChI=1S/2C20H21Cl2NO3/c2*1-2-17(11-24)23-18(25)12-26-20(14-4-3-5-16(22)10-14)19(23)13-6-8-15(21)9-7-13/h2*3-10,17,19-20,24H,2,11-12H2,1H3/t17-,19+,20+;17-,19-,20-/m01/s1. The maximum Gasteiger partial charge on any atom is 0.249 e. The summed E-state index contributed by atoms with van der Waals surface area (Å²) < 4.78 is 11.9. The number of hydrogen-bond donors (Lipinski definition) is 2. The highest BCUT2D eigenvalue weighted by Crippen LogP contribution is 2.44. The molecule has 2 aliphatic heterocycles. The van der Waals surface area contributed by atoms with Crippen molar-refractivity contribution in [1.29, 1.82) is 0 Å². The fourth-order valence-corrected chi connectivity index (χ4v) is 7.51. The van der Waals surface area contributed by atoms with Crippen LogP contribution in [0.3, 0.4) is 0 Å². The maximum absolute atomic E-state index is 12.7. The molecule has 2 amide bonds. The van der Waals surface area contributed by atoms with E-state index in [-0.39, 0.29) is 74.6 Å². The number of aliphatic hydroxyl groups is 2. The van der Waals surface area contributed by atoms with Gasteiger partial charge in [-0.25, -0.2) is 0 Å². The SMILES string of the molecule is CC[C@@H](CO)N1C(=O)CO[C@H](c2cccc(Cl)c2)[C@H]1c1ccc(Cl)cc1.CC[C@H](CO)N1C(=O)CO[C@H](c2cccc(Cl)c2)[C@H]1c1ccc(Cl)cc1. The molecule has 52 heavy (non-hydrogen) atoms. The van der Waals surface area contributed by atoms with E-state index in [1.54, 1.807) is 46.2 Å². The minimum Gasteiger partial charge on any atom is -0.394 e. The van der Waals surface area contributed by atoms with Crippen molar-refractivity contribution in [1.82, 2.24) is 9.80 Å². The zero-order chi connectivity index (χ0) is 37.4. The second-order valence-electron chi connectivity index (χ2n) is 12.7. The van der Waals surface area contributed by atoms with Gasteiger partial charge < -0.3 is 29.5 Å². The number of carbonyl (C=O) groups excluding carboxylic acids is 2. The third-order valence-electron chi connectivity index (χ3n) is 9.45. The Labute approximate surface area is 324 Å². The lowest BCUT2D eigenvalue weighted by atomic mass is 9.91. The molecule has 2 heterocycles. The van der Waals surface area contributed by atoms with Crippen molar-refractivity contribution in [3.63, 3.8) is 0 Å². The predicted octanol–water partition coefficient (Wildman–Crippen LogP) is 8.81. The van der Waals surface area contributed by atoms with Crippen molar-refractivity contribution in [2.75, 3.05) is 26.4 Å². The van der Waals surface area contributed by atoms with Crippen LogP contribution in [0.25, 0.3) is 0 Å². The van der Waals surface area contributed by atoms with Gasteiger partial charge in [0, 0.05) is 20.1 Å². The summed E-state index contributed by atoms with van der Waals surface area (Å²) in [6.07, 6.45) is 0.532. The van der Waals surface area contributed by atoms with E-state index in [9.17, 15) is 19.8 Å². The van der Waals surface area contributed by atoms with Crippen LogP contribution in [-0.2, 0) is 19.1 Å². The Morgan fingerprint density at radius 3 is 1.25 bits per heavy atom. The Morgan fingerprint density at radius 2 is 0.942 bits per heavy atom. The number of amides is 2. The van der Waals surface area contributed by atoms with Crippen LogP contribution in [-0.4, -0.2) is 70.3 Å². The van der Waals surface area contributed by atoms with E-state index in [0.29, 0.717) is 32.9 Å². The first-order chi connectivity index (χ1) is 25.1. The van der Waals surface area contributed by atoms with Crippen molar-refractivity contribution < 1.29 is 29.3 Å². The van der Waals surface area contributed by atoms with Gasteiger partial charge in [-0.3, -0.25) is 9.59 Å². The van der Waals surface area contributed by atoms with Crippen LogP contribution in [0.15, 0.2) is 97.1 Å². The highest BCUT2D eigenvalue weighted by Gasteiger charge is 2.43. The van der Waals surface area contributed by atoms with Crippen LogP contribution >= 0.6 is 46.4 Å². The molecule has 12 heteroatoms. The molecule has 2 N–H and O–H groups in total. The summed E-state index contributed by atoms with van der Waals surface area (Å²) in [4.78, 5) is 28.9. The number of morpholine rings is 2. The normalized spacial score (nSPS) is 21.7. The number of ether oxygens (including phenoxy) is 2. The van der Waals surface area contributed by atoms with Gasteiger partial charge in [-0.2, -0.15) is 0 Å². The van der Waals surface area contributed by atoms with Crippen molar-refractivity contribution in [2.24, 2.45) is 0 Å². The van der Waals surface area contributed by atoms with E-state index in [0.717, 1.165) is 22.3 Å². The fraction of sp³-hybridized carbons (Fsp3) is 0.350. The fourth-order valence-electron chi connectivity index (χ4n) is 6.86. The van der Waals surface area contributed by atoms with E-state index in [2.05, 4.69) is 0 Å². The summed E-state index contributed by atoms with van der Waals surface area (Å²) >= 11 is 24.4. The number of hydrogen-bond acceptors (Lipinski definition) is 6. The molecule has 0 radical (unpaired) electrons. The zero-order valence-corrected chi connectivity index (χ0v) is 31.9. The van der Waals surface area contributed by atoms with Crippen LogP contribution in [0.1, 0.15) is 73.2 Å². The first-order valence-corrected chi connectivity index (χ1v) is 18.7. The van der Waals surface area contributed by atoms with Crippen LogP contribution in [0, 0.1) is 0 Å². The molecule has 0 spiro atoms. The molecule has 4 aromatic carbocycles. The lowest BCUT2D eigenvalue weighted by Gasteiger charge is -2.45. The lowest BCUT2D eigenvalue weighted by Crippen LogP contribution is -2.51. The number of halogens is 4. The largest absolute Gasteiger partial charge is 0.394 e. The van der Waals surface area contributed by atoms with Gasteiger partial charge in [0.05, 0.1) is 37.4 Å². The van der Waals surface area contributed by atoms with Crippen molar-refractivity contribution in [3.8, 4) is 0 Å². The molecule has 2 aliphatic rings. The Balaban J connectivity index is 0.000000201. The zero-order valence-electron chi connectivity index (χ0n) is 28.9. The first-order valence-electron chi connectivity index (χ1n) is 17.2. The molecule has 4 aromatic rings. The molecule has 6 atom stereocenters. The molecule has 0 aromatic heterocycles. The lowest BCUT2D eigenvalue weighted by molar-refractivity contribution is -0.165. The van der Waals surface area contributed by atoms with E-state index < -0.39 is 0 Å². The minimum atomic E-state index is -0.381. The molecule has 0 saturated carbocycles. The Kier molecular flexibility index (Phi) is 14.4. The van der Waals surface area contributed by atoms with E-state index in [1.165, 1.54) is 0 Å². The van der Waals surface area contributed by atoms with Crippen molar-refractivity contribution >= 4 is 58.2 Å². The summed E-state index contributed by atoms with van der Waals surface area (Å²) in [5.41, 5.74) is 3.59. The van der Waals surface area contributed by atoms with Gasteiger partial charge >= 0.3 is 0 Å². The summed E-state index contributed by atoms with van der Waals surface area (Å²) in [5, 5.41) is 22.1. The highest BCUT2D eigenvalue weighted by atomic mass is 35.5. The monoisotopic (exact) mass is 786 g/mol. The van der Waals surface area contributed by atoms with E-state index >= 15 is 0 Å². The third kappa shape index (κ3) is 9.30. The molecular weight excluding hydrogens is 746 g/mol. The van der Waals surface area contributed by atoms with Crippen molar-refractivity contribution in [2.45, 2.75) is 63.1 Å². The molecule has 2 fully saturated rings. The number of aliphatic hydroxyl groups excluding tert-OH is 2. The predicted molar refractivity (Wildman–Crippen MR) is 205 cm³/mol. The second kappa shape index (κ2) is 18.7. The number of benzene rings is 4. The average Bonchev–Trinajstić information content (AvgIpc) is 3.14. The summed E-state index contributed by atoms with van der Waals surface area (Å²) in [7, 11) is 0.